The second kappa shape index (κ2) is 11.5. The van der Waals surface area contributed by atoms with Gasteiger partial charge in [0.2, 0.25) is 11.8 Å². The number of rotatable bonds is 9. The Hall–Kier alpha value is -2.91. The first-order valence-electron chi connectivity index (χ1n) is 12.2. The van der Waals surface area contributed by atoms with Crippen LogP contribution in [0.15, 0.2) is 47.5 Å². The minimum atomic E-state index is -4.53. The number of nitrogens with two attached hydrogens (primary N) is 1. The number of amides is 2. The van der Waals surface area contributed by atoms with Gasteiger partial charge in [0.25, 0.3) is 0 Å². The molecule has 0 unspecified atom stereocenters. The number of fused-ring (bicyclic) bond motifs is 1. The SMILES string of the molecule is NC(=O)[C@@H](CC1CC1)[C@@H](CCC(F)(F)F)C(=O)N[C@H]1N=C(c2ccccc2)c2ccc(Cl)c(Cl)c2CC1=O. The zero-order chi connectivity index (χ0) is 27.6. The molecule has 4 rings (SSSR count). The molecular formula is C27H26Cl2F3N3O3. The number of nitrogens with one attached hydrogen (secondary N) is 1. The lowest BCUT2D eigenvalue weighted by Gasteiger charge is -2.26. The molecule has 1 saturated carbocycles. The normalized spacial score (nSPS) is 19.1. The lowest BCUT2D eigenvalue weighted by atomic mass is 9.83. The van der Waals surface area contributed by atoms with Gasteiger partial charge < -0.3 is 11.1 Å². The van der Waals surface area contributed by atoms with Crippen molar-refractivity contribution < 1.29 is 27.6 Å². The number of hydrogen-bond donors (Lipinski definition) is 2. The number of carbonyl (C=O) groups excluding carboxylic acids is 3. The minimum absolute atomic E-state index is 0.136. The highest BCUT2D eigenvalue weighted by Gasteiger charge is 2.41. The Labute approximate surface area is 227 Å². The monoisotopic (exact) mass is 567 g/mol. The topological polar surface area (TPSA) is 102 Å². The zero-order valence-corrected chi connectivity index (χ0v) is 21.7. The number of benzene rings is 2. The Morgan fingerprint density at radius 1 is 1.08 bits per heavy atom. The van der Waals surface area contributed by atoms with Crippen LogP contribution in [0.3, 0.4) is 0 Å². The molecule has 0 aromatic heterocycles. The van der Waals surface area contributed by atoms with E-state index in [2.05, 4.69) is 10.3 Å². The number of alkyl halides is 3. The summed E-state index contributed by atoms with van der Waals surface area (Å²) in [6, 6.07) is 12.1. The van der Waals surface area contributed by atoms with Crippen molar-refractivity contribution in [2.45, 2.75) is 50.9 Å². The third-order valence-corrected chi connectivity index (χ3v) is 7.75. The summed E-state index contributed by atoms with van der Waals surface area (Å²) in [4.78, 5) is 43.5. The van der Waals surface area contributed by atoms with Crippen LogP contribution in [0.5, 0.6) is 0 Å². The largest absolute Gasteiger partial charge is 0.389 e. The van der Waals surface area contributed by atoms with Gasteiger partial charge >= 0.3 is 6.18 Å². The van der Waals surface area contributed by atoms with Crippen LogP contribution in [0, 0.1) is 17.8 Å². The number of halogens is 5. The lowest BCUT2D eigenvalue weighted by Crippen LogP contribution is -2.47. The highest BCUT2D eigenvalue weighted by atomic mass is 35.5. The maximum Gasteiger partial charge on any atom is 0.389 e. The number of Topliss-reactive ketones (excluding diaryl/α,β-unsaturated/α-hetero) is 1. The van der Waals surface area contributed by atoms with Gasteiger partial charge in [0, 0.05) is 35.8 Å². The van der Waals surface area contributed by atoms with Crippen molar-refractivity contribution in [2.24, 2.45) is 28.5 Å². The molecule has 2 aromatic rings. The first-order valence-corrected chi connectivity index (χ1v) is 13.0. The maximum absolute atomic E-state index is 13.4. The second-order valence-electron chi connectivity index (χ2n) is 9.73. The van der Waals surface area contributed by atoms with Crippen molar-refractivity contribution in [2.75, 3.05) is 0 Å². The standard InChI is InChI=1S/C27H26Cl2F3N3O3/c28-20-9-8-16-18(22(20)29)13-21(36)25(34-23(16)15-4-2-1-3-5-15)35-26(38)17(10-11-27(30,31)32)19(24(33)37)12-14-6-7-14/h1-5,8-9,14,17,19,25H,6-7,10-13H2,(H2,33,37)(H,35,38)/t17-,19+,25-/m1/s1. The molecule has 2 amide bonds. The molecule has 6 nitrogen and oxygen atoms in total. The molecule has 1 aliphatic carbocycles. The Balaban J connectivity index is 1.69. The van der Waals surface area contributed by atoms with E-state index in [4.69, 9.17) is 28.9 Å². The number of nitrogens with zero attached hydrogens (tertiary/aromatic N) is 1. The van der Waals surface area contributed by atoms with E-state index < -0.39 is 54.6 Å². The Morgan fingerprint density at radius 3 is 2.37 bits per heavy atom. The first kappa shape index (κ1) is 28.1. The molecule has 2 aliphatic rings. The Bertz CT molecular complexity index is 1260. The highest BCUT2D eigenvalue weighted by molar-refractivity contribution is 6.43. The van der Waals surface area contributed by atoms with Crippen LogP contribution in [-0.4, -0.2) is 35.7 Å². The highest BCUT2D eigenvalue weighted by Crippen LogP contribution is 2.39. The van der Waals surface area contributed by atoms with Crippen LogP contribution in [0.4, 0.5) is 13.2 Å². The number of hydrogen-bond acceptors (Lipinski definition) is 4. The summed E-state index contributed by atoms with van der Waals surface area (Å²) in [5.74, 6) is -4.55. The van der Waals surface area contributed by atoms with Gasteiger partial charge in [-0.1, -0.05) is 72.4 Å². The van der Waals surface area contributed by atoms with E-state index >= 15 is 0 Å². The van der Waals surface area contributed by atoms with E-state index in [1.807, 2.05) is 0 Å². The summed E-state index contributed by atoms with van der Waals surface area (Å²) in [5.41, 5.74) is 7.53. The summed E-state index contributed by atoms with van der Waals surface area (Å²) in [7, 11) is 0. The van der Waals surface area contributed by atoms with Crippen molar-refractivity contribution in [3.63, 3.8) is 0 Å². The summed E-state index contributed by atoms with van der Waals surface area (Å²) in [5, 5.41) is 2.93. The van der Waals surface area contributed by atoms with E-state index in [-0.39, 0.29) is 28.8 Å². The molecule has 3 N–H and O–H groups in total. The average Bonchev–Trinajstić information content (AvgIpc) is 3.69. The van der Waals surface area contributed by atoms with Crippen molar-refractivity contribution in [3.8, 4) is 0 Å². The van der Waals surface area contributed by atoms with E-state index in [0.717, 1.165) is 12.8 Å². The molecule has 38 heavy (non-hydrogen) atoms. The van der Waals surface area contributed by atoms with Crippen LogP contribution in [-0.2, 0) is 20.8 Å². The third-order valence-electron chi connectivity index (χ3n) is 6.90. The second-order valence-corrected chi connectivity index (χ2v) is 10.5. The van der Waals surface area contributed by atoms with Gasteiger partial charge in [0.1, 0.15) is 0 Å². The Morgan fingerprint density at radius 2 is 1.76 bits per heavy atom. The Kier molecular flexibility index (Phi) is 8.47. The molecule has 11 heteroatoms. The minimum Gasteiger partial charge on any atom is -0.369 e. The number of primary amides is 1. The fourth-order valence-electron chi connectivity index (χ4n) is 4.74. The van der Waals surface area contributed by atoms with E-state index in [9.17, 15) is 27.6 Å². The molecule has 0 bridgehead atoms. The van der Waals surface area contributed by atoms with Gasteiger partial charge in [-0.3, -0.25) is 19.4 Å². The summed E-state index contributed by atoms with van der Waals surface area (Å²) >= 11 is 12.6. The quantitative estimate of drug-likeness (QED) is 0.432. The van der Waals surface area contributed by atoms with Crippen molar-refractivity contribution in [1.29, 1.82) is 0 Å². The van der Waals surface area contributed by atoms with E-state index in [0.29, 0.717) is 22.4 Å². The van der Waals surface area contributed by atoms with E-state index in [1.54, 1.807) is 42.5 Å². The fourth-order valence-corrected chi connectivity index (χ4v) is 5.14. The van der Waals surface area contributed by atoms with Gasteiger partial charge in [-0.15, -0.1) is 0 Å². The molecule has 3 atom stereocenters. The molecule has 202 valence electrons. The van der Waals surface area contributed by atoms with Crippen LogP contribution >= 0.6 is 23.2 Å². The van der Waals surface area contributed by atoms with Gasteiger partial charge in [0.05, 0.1) is 15.8 Å². The lowest BCUT2D eigenvalue weighted by molar-refractivity contribution is -0.146. The van der Waals surface area contributed by atoms with Gasteiger partial charge in [-0.05, 0) is 30.4 Å². The van der Waals surface area contributed by atoms with Crippen LogP contribution in [0.1, 0.15) is 48.8 Å². The zero-order valence-electron chi connectivity index (χ0n) is 20.2. The van der Waals surface area contributed by atoms with E-state index in [1.165, 1.54) is 0 Å². The summed E-state index contributed by atoms with van der Waals surface area (Å²) in [6.45, 7) is 0. The van der Waals surface area contributed by atoms with Crippen molar-refractivity contribution in [1.82, 2.24) is 5.32 Å². The van der Waals surface area contributed by atoms with Crippen LogP contribution in [0.2, 0.25) is 10.0 Å². The summed E-state index contributed by atoms with van der Waals surface area (Å²) < 4.78 is 39.3. The van der Waals surface area contributed by atoms with Crippen molar-refractivity contribution in [3.05, 3.63) is 69.2 Å². The molecule has 1 heterocycles. The third kappa shape index (κ3) is 6.74. The molecule has 1 aliphatic heterocycles. The smallest absolute Gasteiger partial charge is 0.369 e. The van der Waals surface area contributed by atoms with Crippen molar-refractivity contribution >= 4 is 46.5 Å². The molecule has 2 aromatic carbocycles. The molecule has 0 saturated heterocycles. The predicted molar refractivity (Wildman–Crippen MR) is 138 cm³/mol. The maximum atomic E-state index is 13.4. The van der Waals surface area contributed by atoms with Crippen LogP contribution in [0.25, 0.3) is 0 Å². The molecule has 0 radical (unpaired) electrons. The average molecular weight is 568 g/mol. The summed E-state index contributed by atoms with van der Waals surface area (Å²) in [6.07, 6.45) is -6.19. The molecular weight excluding hydrogens is 542 g/mol. The first-order chi connectivity index (χ1) is 17.9. The number of aliphatic imine (C=N–C) groups is 1. The number of ketones is 1. The fraction of sp³-hybridized carbons (Fsp3) is 0.407. The van der Waals surface area contributed by atoms with Gasteiger partial charge in [-0.25, -0.2) is 0 Å². The predicted octanol–water partition coefficient (Wildman–Crippen LogP) is 5.26. The van der Waals surface area contributed by atoms with Gasteiger partial charge in [0.15, 0.2) is 11.9 Å². The number of carbonyl (C=O) groups is 3. The van der Waals surface area contributed by atoms with Gasteiger partial charge in [-0.2, -0.15) is 13.2 Å². The van der Waals surface area contributed by atoms with Crippen LogP contribution < -0.4 is 11.1 Å². The molecule has 1 fully saturated rings. The molecule has 0 spiro atoms.